The molecule has 2 aliphatic heterocycles. The molecule has 3 heterocycles. The third-order valence-electron chi connectivity index (χ3n) is 9.27. The lowest BCUT2D eigenvalue weighted by atomic mass is 9.91. The quantitative estimate of drug-likeness (QED) is 0.230. The van der Waals surface area contributed by atoms with Crippen molar-refractivity contribution in [2.45, 2.75) is 58.3 Å². The molecule has 2 aliphatic rings. The van der Waals surface area contributed by atoms with Gasteiger partial charge in [0.1, 0.15) is 12.4 Å². The van der Waals surface area contributed by atoms with Crippen molar-refractivity contribution in [1.29, 1.82) is 0 Å². The fourth-order valence-electron chi connectivity index (χ4n) is 6.46. The Hall–Kier alpha value is -5.23. The summed E-state index contributed by atoms with van der Waals surface area (Å²) in [7, 11) is 1.83. The molecule has 6 rings (SSSR count). The van der Waals surface area contributed by atoms with Crippen LogP contribution in [0.15, 0.2) is 77.2 Å². The molecule has 3 aromatic carbocycles. The number of nitrogens with zero attached hydrogens (tertiary/aromatic N) is 5. The largest absolute Gasteiger partial charge is 0.492 e. The molecule has 2 N–H and O–H groups in total. The number of likely N-dealkylation sites (N-methyl/N-ethyl adjacent to an activating group) is 1. The van der Waals surface area contributed by atoms with Crippen molar-refractivity contribution in [1.82, 2.24) is 25.3 Å². The number of hydrogen-bond acceptors (Lipinski definition) is 9. The first kappa shape index (κ1) is 33.7. The van der Waals surface area contributed by atoms with Crippen LogP contribution in [-0.2, 0) is 16.1 Å². The van der Waals surface area contributed by atoms with E-state index in [2.05, 4.69) is 38.7 Å². The van der Waals surface area contributed by atoms with Crippen molar-refractivity contribution in [3.05, 3.63) is 89.8 Å². The fraction of sp³-hybridized carbons (Fsp3) is 0.378. The highest BCUT2D eigenvalue weighted by Crippen LogP contribution is 2.39. The third kappa shape index (κ3) is 7.59. The minimum absolute atomic E-state index is 0.0597. The number of benzene rings is 3. The number of aromatic nitrogens is 2. The van der Waals surface area contributed by atoms with Gasteiger partial charge in [-0.2, -0.15) is 0 Å². The second kappa shape index (κ2) is 14.9. The van der Waals surface area contributed by atoms with Gasteiger partial charge in [0.05, 0.1) is 18.6 Å². The minimum Gasteiger partial charge on any atom is -0.492 e. The summed E-state index contributed by atoms with van der Waals surface area (Å²) in [6.45, 7) is 8.61. The molecule has 0 unspecified atom stereocenters. The number of nitrogens with one attached hydrogen (secondary N) is 2. The molecule has 4 aromatic rings. The van der Waals surface area contributed by atoms with Crippen molar-refractivity contribution in [3.8, 4) is 17.2 Å². The molecule has 256 valence electrons. The van der Waals surface area contributed by atoms with Crippen LogP contribution in [0.4, 0.5) is 11.4 Å². The Kier molecular flexibility index (Phi) is 10.2. The number of carbonyl (C=O) groups is 3. The highest BCUT2D eigenvalue weighted by Gasteiger charge is 2.33. The molecule has 0 spiro atoms. The zero-order chi connectivity index (χ0) is 34.5. The van der Waals surface area contributed by atoms with Gasteiger partial charge in [0, 0.05) is 61.6 Å². The van der Waals surface area contributed by atoms with Gasteiger partial charge in [-0.05, 0) is 80.4 Å². The summed E-state index contributed by atoms with van der Waals surface area (Å²) < 4.78 is 11.7. The van der Waals surface area contributed by atoms with Crippen molar-refractivity contribution in [2.24, 2.45) is 0 Å². The van der Waals surface area contributed by atoms with Crippen LogP contribution >= 0.6 is 0 Å². The third-order valence-corrected chi connectivity index (χ3v) is 9.27. The molecule has 0 bridgehead atoms. The lowest BCUT2D eigenvalue weighted by Crippen LogP contribution is -2.55. The summed E-state index contributed by atoms with van der Waals surface area (Å²) >= 11 is 0. The Morgan fingerprint density at radius 2 is 1.73 bits per heavy atom. The van der Waals surface area contributed by atoms with E-state index in [4.69, 9.17) is 9.15 Å². The van der Waals surface area contributed by atoms with Crippen LogP contribution in [0.2, 0.25) is 0 Å². The molecule has 12 nitrogen and oxygen atoms in total. The molecule has 3 atom stereocenters. The minimum atomic E-state index is -0.271. The lowest BCUT2D eigenvalue weighted by molar-refractivity contribution is -0.139. The molecule has 0 radical (unpaired) electrons. The van der Waals surface area contributed by atoms with Gasteiger partial charge in [0.25, 0.3) is 5.91 Å². The number of fused-ring (bicyclic) bond motifs is 1. The summed E-state index contributed by atoms with van der Waals surface area (Å²) in [5.41, 5.74) is 4.24. The molecule has 0 aliphatic carbocycles. The second-order valence-electron chi connectivity index (χ2n) is 12.6. The van der Waals surface area contributed by atoms with E-state index in [-0.39, 0.29) is 42.4 Å². The second-order valence-corrected chi connectivity index (χ2v) is 12.6. The molecule has 1 saturated heterocycles. The van der Waals surface area contributed by atoms with Crippen LogP contribution in [0, 0.1) is 0 Å². The van der Waals surface area contributed by atoms with Gasteiger partial charge >= 0.3 is 0 Å². The maximum atomic E-state index is 12.8. The molecule has 1 aromatic heterocycles. The number of para-hydroxylation sites is 1. The monoisotopic (exact) mass is 665 g/mol. The molecular formula is C37H43N7O5. The van der Waals surface area contributed by atoms with Crippen molar-refractivity contribution in [3.63, 3.8) is 0 Å². The number of rotatable bonds is 11. The smallest absolute Gasteiger partial charge is 0.251 e. The Balaban J connectivity index is 0.987. The van der Waals surface area contributed by atoms with Gasteiger partial charge in [0.2, 0.25) is 23.6 Å². The SMILES string of the molecule is CCC(=O)N1c2ccccc2[C@H](Nc2ccc(-c3nnc(CNC(=O)c4ccc(OCCN5CCN(C)C(=O)[C@H]5C)cc4)o3)cc2)C[C@@H]1C. The number of amides is 3. The summed E-state index contributed by atoms with van der Waals surface area (Å²) in [6.07, 6.45) is 1.26. The predicted molar refractivity (Wildman–Crippen MR) is 186 cm³/mol. The van der Waals surface area contributed by atoms with Gasteiger partial charge in [-0.15, -0.1) is 10.2 Å². The average molecular weight is 666 g/mol. The Morgan fingerprint density at radius 1 is 0.980 bits per heavy atom. The maximum Gasteiger partial charge on any atom is 0.251 e. The van der Waals surface area contributed by atoms with Gasteiger partial charge in [-0.3, -0.25) is 19.3 Å². The predicted octanol–water partition coefficient (Wildman–Crippen LogP) is 4.90. The summed E-state index contributed by atoms with van der Waals surface area (Å²) in [5, 5.41) is 14.7. The standard InChI is InChI=1S/C37H43N7O5/c1-5-34(45)44-24(2)22-31(30-8-6-7-9-32(30)44)39-28-14-10-27(11-15-28)36-41-40-33(49-36)23-38-35(46)26-12-16-29(17-13-26)48-21-20-43-19-18-42(4)37(47)25(43)3/h6-17,24-25,31,39H,5,18-23H2,1-4H3,(H,38,46)/t24-,25+,31+/m0/s1. The summed E-state index contributed by atoms with van der Waals surface area (Å²) in [6, 6.07) is 22.7. The molecular weight excluding hydrogens is 622 g/mol. The molecule has 49 heavy (non-hydrogen) atoms. The lowest BCUT2D eigenvalue weighted by Gasteiger charge is -2.40. The number of ether oxygens (including phenoxy) is 1. The number of carbonyl (C=O) groups excluding carboxylic acids is 3. The number of anilines is 2. The highest BCUT2D eigenvalue weighted by atomic mass is 16.5. The van der Waals surface area contributed by atoms with Gasteiger partial charge in [-0.1, -0.05) is 25.1 Å². The van der Waals surface area contributed by atoms with E-state index < -0.39 is 0 Å². The van der Waals surface area contributed by atoms with Crippen LogP contribution in [0.3, 0.4) is 0 Å². The van der Waals surface area contributed by atoms with E-state index in [0.29, 0.717) is 49.2 Å². The van der Waals surface area contributed by atoms with Crippen LogP contribution in [0.25, 0.3) is 11.5 Å². The Bertz CT molecular complexity index is 1770. The average Bonchev–Trinajstić information content (AvgIpc) is 3.60. The van der Waals surface area contributed by atoms with Crippen LogP contribution < -0.4 is 20.3 Å². The Labute approximate surface area is 286 Å². The van der Waals surface area contributed by atoms with Gasteiger partial charge in [0.15, 0.2) is 0 Å². The number of piperazine rings is 1. The maximum absolute atomic E-state index is 12.8. The van der Waals surface area contributed by atoms with E-state index in [1.165, 1.54) is 0 Å². The highest BCUT2D eigenvalue weighted by molar-refractivity contribution is 5.95. The van der Waals surface area contributed by atoms with E-state index in [0.717, 1.165) is 35.5 Å². The van der Waals surface area contributed by atoms with Gasteiger partial charge < -0.3 is 29.6 Å². The first-order valence-corrected chi connectivity index (χ1v) is 16.8. The van der Waals surface area contributed by atoms with E-state index in [1.54, 1.807) is 29.2 Å². The zero-order valence-electron chi connectivity index (χ0n) is 28.4. The van der Waals surface area contributed by atoms with Crippen LogP contribution in [0.1, 0.15) is 61.5 Å². The molecule has 12 heteroatoms. The zero-order valence-corrected chi connectivity index (χ0v) is 28.4. The Morgan fingerprint density at radius 3 is 2.49 bits per heavy atom. The molecule has 0 saturated carbocycles. The van der Waals surface area contributed by atoms with Crippen molar-refractivity contribution < 1.29 is 23.5 Å². The van der Waals surface area contributed by atoms with E-state index in [9.17, 15) is 14.4 Å². The van der Waals surface area contributed by atoms with Gasteiger partial charge in [-0.25, -0.2) is 0 Å². The summed E-state index contributed by atoms with van der Waals surface area (Å²) in [4.78, 5) is 43.4. The summed E-state index contributed by atoms with van der Waals surface area (Å²) in [5.74, 6) is 1.29. The first-order chi connectivity index (χ1) is 23.7. The van der Waals surface area contributed by atoms with Crippen molar-refractivity contribution >= 4 is 29.1 Å². The van der Waals surface area contributed by atoms with E-state index in [1.807, 2.05) is 68.3 Å². The van der Waals surface area contributed by atoms with Crippen LogP contribution in [-0.4, -0.2) is 83.1 Å². The molecule has 3 amide bonds. The topological polar surface area (TPSA) is 133 Å². The van der Waals surface area contributed by atoms with Crippen molar-refractivity contribution in [2.75, 3.05) is 43.5 Å². The van der Waals surface area contributed by atoms with Crippen LogP contribution in [0.5, 0.6) is 5.75 Å². The first-order valence-electron chi connectivity index (χ1n) is 16.8. The molecule has 1 fully saturated rings. The van der Waals surface area contributed by atoms with E-state index >= 15 is 0 Å². The normalized spacial score (nSPS) is 19.3. The number of hydrogen-bond donors (Lipinski definition) is 2. The fourth-order valence-corrected chi connectivity index (χ4v) is 6.46.